The standard InChI is InChI=1S/C16H21NO3/c1-3-4-7-11(2)15(18)17-10-13(16(19)20)12-8-5-6-9-14(12)17/h5-6,8-9,11,13H,3-4,7,10H2,1-2H3,(H,19,20). The maximum Gasteiger partial charge on any atom is 0.312 e. The Balaban J connectivity index is 2.22. The number of hydrogen-bond acceptors (Lipinski definition) is 2. The van der Waals surface area contributed by atoms with Gasteiger partial charge >= 0.3 is 5.97 Å². The maximum atomic E-state index is 12.5. The highest BCUT2D eigenvalue weighted by atomic mass is 16.4. The number of aliphatic carboxylic acids is 1. The van der Waals surface area contributed by atoms with E-state index in [-0.39, 0.29) is 18.4 Å². The number of fused-ring (bicyclic) bond motifs is 1. The number of para-hydroxylation sites is 1. The molecule has 1 amide bonds. The summed E-state index contributed by atoms with van der Waals surface area (Å²) in [5.41, 5.74) is 1.50. The molecule has 0 saturated heterocycles. The van der Waals surface area contributed by atoms with Crippen LogP contribution in [0.5, 0.6) is 0 Å². The van der Waals surface area contributed by atoms with Crippen LogP contribution >= 0.6 is 0 Å². The molecule has 2 atom stereocenters. The van der Waals surface area contributed by atoms with E-state index in [4.69, 9.17) is 0 Å². The van der Waals surface area contributed by atoms with E-state index in [0.29, 0.717) is 0 Å². The Kier molecular flexibility index (Phi) is 4.42. The van der Waals surface area contributed by atoms with Gasteiger partial charge in [0.05, 0.1) is 0 Å². The number of unbranched alkanes of at least 4 members (excludes halogenated alkanes) is 1. The lowest BCUT2D eigenvalue weighted by Crippen LogP contribution is -2.35. The van der Waals surface area contributed by atoms with Crippen LogP contribution in [0.4, 0.5) is 5.69 Å². The van der Waals surface area contributed by atoms with Crippen LogP contribution in [0.2, 0.25) is 0 Å². The molecule has 1 N–H and O–H groups in total. The van der Waals surface area contributed by atoms with Crippen LogP contribution in [-0.4, -0.2) is 23.5 Å². The van der Waals surface area contributed by atoms with Gasteiger partial charge < -0.3 is 10.0 Å². The molecular formula is C16H21NO3. The number of hydrogen-bond donors (Lipinski definition) is 1. The lowest BCUT2D eigenvalue weighted by Gasteiger charge is -2.21. The molecule has 0 aliphatic carbocycles. The average molecular weight is 275 g/mol. The molecular weight excluding hydrogens is 254 g/mol. The minimum absolute atomic E-state index is 0.0367. The lowest BCUT2D eigenvalue weighted by atomic mass is 10.0. The highest BCUT2D eigenvalue weighted by Gasteiger charge is 2.37. The molecule has 4 heteroatoms. The van der Waals surface area contributed by atoms with Gasteiger partial charge in [-0.05, 0) is 18.1 Å². The van der Waals surface area contributed by atoms with Crippen molar-refractivity contribution in [3.05, 3.63) is 29.8 Å². The molecule has 1 aromatic carbocycles. The van der Waals surface area contributed by atoms with Crippen molar-refractivity contribution in [1.82, 2.24) is 0 Å². The molecule has 1 aliphatic rings. The average Bonchev–Trinajstić information content (AvgIpc) is 2.83. The van der Waals surface area contributed by atoms with Crippen molar-refractivity contribution < 1.29 is 14.7 Å². The van der Waals surface area contributed by atoms with Gasteiger partial charge in [0, 0.05) is 18.2 Å². The number of anilines is 1. The predicted octanol–water partition coefficient (Wildman–Crippen LogP) is 3.03. The summed E-state index contributed by atoms with van der Waals surface area (Å²) in [6, 6.07) is 7.31. The van der Waals surface area contributed by atoms with Crippen LogP contribution in [0.1, 0.15) is 44.6 Å². The minimum atomic E-state index is -0.867. The van der Waals surface area contributed by atoms with E-state index in [9.17, 15) is 14.7 Å². The number of rotatable bonds is 5. The van der Waals surface area contributed by atoms with Crippen LogP contribution in [0, 0.1) is 5.92 Å². The normalized spacial score (nSPS) is 18.7. The van der Waals surface area contributed by atoms with Gasteiger partial charge in [-0.15, -0.1) is 0 Å². The molecule has 108 valence electrons. The number of carboxylic acid groups (broad SMARTS) is 1. The Morgan fingerprint density at radius 1 is 1.40 bits per heavy atom. The number of carbonyl (C=O) groups excluding carboxylic acids is 1. The summed E-state index contributed by atoms with van der Waals surface area (Å²) in [6.45, 7) is 4.28. The first-order chi connectivity index (χ1) is 9.56. The third-order valence-electron chi connectivity index (χ3n) is 3.94. The SMILES string of the molecule is CCCCC(C)C(=O)N1CC(C(=O)O)c2ccccc21. The van der Waals surface area contributed by atoms with Crippen LogP contribution in [0.25, 0.3) is 0 Å². The van der Waals surface area contributed by atoms with Gasteiger partial charge in [0.15, 0.2) is 0 Å². The summed E-state index contributed by atoms with van der Waals surface area (Å²) in [6.07, 6.45) is 2.93. The third-order valence-corrected chi connectivity index (χ3v) is 3.94. The Morgan fingerprint density at radius 2 is 2.10 bits per heavy atom. The second kappa shape index (κ2) is 6.07. The molecule has 2 rings (SSSR count). The molecule has 20 heavy (non-hydrogen) atoms. The van der Waals surface area contributed by atoms with Crippen molar-refractivity contribution in [2.45, 2.75) is 39.0 Å². The molecule has 0 radical (unpaired) electrons. The number of benzene rings is 1. The van der Waals surface area contributed by atoms with E-state index in [1.54, 1.807) is 11.0 Å². The van der Waals surface area contributed by atoms with E-state index >= 15 is 0 Å². The Hall–Kier alpha value is -1.84. The smallest absolute Gasteiger partial charge is 0.312 e. The number of carbonyl (C=O) groups is 2. The van der Waals surface area contributed by atoms with Gasteiger partial charge in [0.1, 0.15) is 5.92 Å². The highest BCUT2D eigenvalue weighted by molar-refractivity contribution is 5.99. The van der Waals surface area contributed by atoms with Gasteiger partial charge in [0.2, 0.25) is 5.91 Å². The van der Waals surface area contributed by atoms with Crippen molar-refractivity contribution in [2.24, 2.45) is 5.92 Å². The molecule has 1 heterocycles. The van der Waals surface area contributed by atoms with Gasteiger partial charge in [0.25, 0.3) is 0 Å². The van der Waals surface area contributed by atoms with Crippen LogP contribution < -0.4 is 4.90 Å². The molecule has 0 aromatic heterocycles. The van der Waals surface area contributed by atoms with E-state index < -0.39 is 11.9 Å². The highest BCUT2D eigenvalue weighted by Crippen LogP contribution is 2.37. The summed E-state index contributed by atoms with van der Waals surface area (Å²) in [5, 5.41) is 9.30. The first kappa shape index (κ1) is 14.6. The molecule has 0 bridgehead atoms. The van der Waals surface area contributed by atoms with Crippen LogP contribution in [-0.2, 0) is 9.59 Å². The zero-order valence-corrected chi connectivity index (χ0v) is 12.0. The van der Waals surface area contributed by atoms with E-state index in [2.05, 4.69) is 6.92 Å². The number of carboxylic acids is 1. The zero-order valence-electron chi connectivity index (χ0n) is 12.0. The van der Waals surface area contributed by atoms with Crippen molar-refractivity contribution in [2.75, 3.05) is 11.4 Å². The summed E-state index contributed by atoms with van der Waals surface area (Å²) >= 11 is 0. The fourth-order valence-electron chi connectivity index (χ4n) is 2.73. The summed E-state index contributed by atoms with van der Waals surface area (Å²) in [5.74, 6) is -1.49. The molecule has 0 saturated carbocycles. The van der Waals surface area contributed by atoms with E-state index in [1.165, 1.54) is 0 Å². The predicted molar refractivity (Wildman–Crippen MR) is 77.9 cm³/mol. The quantitative estimate of drug-likeness (QED) is 0.898. The zero-order chi connectivity index (χ0) is 14.7. The first-order valence-corrected chi connectivity index (χ1v) is 7.19. The maximum absolute atomic E-state index is 12.5. The van der Waals surface area contributed by atoms with Gasteiger partial charge in [-0.25, -0.2) is 0 Å². The second-order valence-electron chi connectivity index (χ2n) is 5.44. The van der Waals surface area contributed by atoms with E-state index in [1.807, 2.05) is 25.1 Å². The Labute approximate surface area is 119 Å². The molecule has 4 nitrogen and oxygen atoms in total. The fraction of sp³-hybridized carbons (Fsp3) is 0.500. The number of nitrogens with zero attached hydrogens (tertiary/aromatic N) is 1. The van der Waals surface area contributed by atoms with Crippen molar-refractivity contribution in [1.29, 1.82) is 0 Å². The van der Waals surface area contributed by atoms with Crippen molar-refractivity contribution >= 4 is 17.6 Å². The topological polar surface area (TPSA) is 57.6 Å². The number of amides is 1. The summed E-state index contributed by atoms with van der Waals surface area (Å²) in [7, 11) is 0. The van der Waals surface area contributed by atoms with Crippen molar-refractivity contribution in [3.8, 4) is 0 Å². The molecule has 0 spiro atoms. The third kappa shape index (κ3) is 2.69. The summed E-state index contributed by atoms with van der Waals surface area (Å²) < 4.78 is 0. The van der Waals surface area contributed by atoms with Gasteiger partial charge in [-0.2, -0.15) is 0 Å². The second-order valence-corrected chi connectivity index (χ2v) is 5.44. The van der Waals surface area contributed by atoms with E-state index in [0.717, 1.165) is 30.5 Å². The van der Waals surface area contributed by atoms with Crippen LogP contribution in [0.3, 0.4) is 0 Å². The van der Waals surface area contributed by atoms with Gasteiger partial charge in [-0.1, -0.05) is 44.9 Å². The molecule has 2 unspecified atom stereocenters. The lowest BCUT2D eigenvalue weighted by molar-refractivity contribution is -0.138. The minimum Gasteiger partial charge on any atom is -0.481 e. The Morgan fingerprint density at radius 3 is 2.75 bits per heavy atom. The molecule has 1 aliphatic heterocycles. The first-order valence-electron chi connectivity index (χ1n) is 7.19. The summed E-state index contributed by atoms with van der Waals surface area (Å²) in [4.78, 5) is 25.5. The van der Waals surface area contributed by atoms with Gasteiger partial charge in [-0.3, -0.25) is 9.59 Å². The Bertz CT molecular complexity index is 512. The largest absolute Gasteiger partial charge is 0.481 e. The monoisotopic (exact) mass is 275 g/mol. The van der Waals surface area contributed by atoms with Crippen LogP contribution in [0.15, 0.2) is 24.3 Å². The van der Waals surface area contributed by atoms with Crippen molar-refractivity contribution in [3.63, 3.8) is 0 Å². The molecule has 1 aromatic rings. The molecule has 0 fully saturated rings. The fourth-order valence-corrected chi connectivity index (χ4v) is 2.73.